The third-order valence-electron chi connectivity index (χ3n) is 5.24. The summed E-state index contributed by atoms with van der Waals surface area (Å²) >= 11 is 0. The molecule has 5 rings (SSSR count). The van der Waals surface area contributed by atoms with Crippen LogP contribution in [0.2, 0.25) is 0 Å². The van der Waals surface area contributed by atoms with Crippen LogP contribution in [0, 0.1) is 6.92 Å². The summed E-state index contributed by atoms with van der Waals surface area (Å²) in [5.74, 6) is 0.707. The average Bonchev–Trinajstić information content (AvgIpc) is 3.08. The minimum absolute atomic E-state index is 0.147. The van der Waals surface area contributed by atoms with E-state index in [2.05, 4.69) is 10.1 Å². The number of nitrogens with one attached hydrogen (secondary N) is 1. The van der Waals surface area contributed by atoms with Crippen molar-refractivity contribution in [2.75, 3.05) is 13.7 Å². The maximum absolute atomic E-state index is 13.4. The molecule has 0 radical (unpaired) electrons. The predicted molar refractivity (Wildman–Crippen MR) is 119 cm³/mol. The van der Waals surface area contributed by atoms with Crippen LogP contribution in [0.4, 0.5) is 0 Å². The number of aryl methyl sites for hydroxylation is 1. The van der Waals surface area contributed by atoms with Crippen molar-refractivity contribution in [3.63, 3.8) is 0 Å². The zero-order valence-corrected chi connectivity index (χ0v) is 17.2. The minimum Gasteiger partial charge on any atom is -0.381 e. The summed E-state index contributed by atoms with van der Waals surface area (Å²) in [6.45, 7) is 2.73. The van der Waals surface area contributed by atoms with E-state index in [4.69, 9.17) is 14.7 Å². The van der Waals surface area contributed by atoms with E-state index in [-0.39, 0.29) is 5.56 Å². The summed E-state index contributed by atoms with van der Waals surface area (Å²) in [5, 5.41) is 5.12. The van der Waals surface area contributed by atoms with Crippen LogP contribution in [0.25, 0.3) is 33.2 Å². The van der Waals surface area contributed by atoms with Crippen LogP contribution in [0.15, 0.2) is 64.5 Å². The largest absolute Gasteiger partial charge is 0.381 e. The molecule has 0 aliphatic heterocycles. The average molecular weight is 413 g/mol. The Balaban J connectivity index is 1.85. The van der Waals surface area contributed by atoms with Gasteiger partial charge in [-0.3, -0.25) is 0 Å². The van der Waals surface area contributed by atoms with Crippen molar-refractivity contribution in [1.29, 1.82) is 0 Å². The fourth-order valence-electron chi connectivity index (χ4n) is 3.70. The fraction of sp³-hybridized carbons (Fsp3) is 0.174. The molecular weight excluding hydrogens is 392 g/mol. The number of rotatable bonds is 5. The molecule has 3 aromatic heterocycles. The van der Waals surface area contributed by atoms with Gasteiger partial charge in [-0.25, -0.2) is 24.3 Å². The lowest BCUT2D eigenvalue weighted by Crippen LogP contribution is -2.32. The van der Waals surface area contributed by atoms with Gasteiger partial charge in [0.1, 0.15) is 5.52 Å². The number of hydrogen-bond donors (Lipinski definition) is 0. The number of hydrogen-bond acceptors (Lipinski definition) is 5. The van der Waals surface area contributed by atoms with Gasteiger partial charge in [-0.2, -0.15) is 0 Å². The number of benzene rings is 2. The Morgan fingerprint density at radius 1 is 1.06 bits per heavy atom. The number of methoxy groups -OCH3 is 1. The molecule has 0 unspecified atom stereocenters. The highest BCUT2D eigenvalue weighted by molar-refractivity contribution is 6.03. The van der Waals surface area contributed by atoms with Gasteiger partial charge in [0.15, 0.2) is 5.39 Å². The molecule has 0 aliphatic carbocycles. The number of H-pyrrole nitrogens is 1. The van der Waals surface area contributed by atoms with E-state index in [0.717, 1.165) is 16.6 Å². The second-order valence-electron chi connectivity index (χ2n) is 7.24. The molecule has 1 N–H and O–H groups in total. The Kier molecular flexibility index (Phi) is 4.76. The molecule has 0 saturated carbocycles. The Morgan fingerprint density at radius 2 is 1.77 bits per heavy atom. The van der Waals surface area contributed by atoms with Crippen molar-refractivity contribution in [1.82, 2.24) is 19.2 Å². The first-order valence-corrected chi connectivity index (χ1v) is 9.99. The van der Waals surface area contributed by atoms with Gasteiger partial charge in [-0.1, -0.05) is 42.5 Å². The number of nitrogens with zero attached hydrogens (tertiary/aromatic N) is 5. The highest BCUT2D eigenvalue weighted by Gasteiger charge is 2.26. The van der Waals surface area contributed by atoms with E-state index in [9.17, 15) is 4.79 Å². The quantitative estimate of drug-likeness (QED) is 0.414. The smallest absolute Gasteiger partial charge is 0.323 e. The molecule has 0 amide bonds. The van der Waals surface area contributed by atoms with E-state index in [1.807, 2.05) is 61.5 Å². The molecule has 8 heteroatoms. The third-order valence-corrected chi connectivity index (χ3v) is 5.24. The molecule has 0 atom stereocenters. The monoisotopic (exact) mass is 413 g/mol. The summed E-state index contributed by atoms with van der Waals surface area (Å²) in [7, 11) is 1.62. The summed E-state index contributed by atoms with van der Waals surface area (Å²) in [6, 6.07) is 17.4. The topological polar surface area (TPSA) is 88.4 Å². The Hall–Kier alpha value is -3.91. The number of fused-ring (bicyclic) bond motifs is 4. The van der Waals surface area contributed by atoms with E-state index in [0.29, 0.717) is 41.2 Å². The molecule has 0 saturated heterocycles. The molecule has 8 nitrogen and oxygen atoms in total. The molecule has 0 fully saturated rings. The van der Waals surface area contributed by atoms with Crippen molar-refractivity contribution in [2.45, 2.75) is 13.5 Å². The van der Waals surface area contributed by atoms with Crippen LogP contribution >= 0.6 is 0 Å². The second kappa shape index (κ2) is 7.73. The van der Waals surface area contributed by atoms with Gasteiger partial charge in [0, 0.05) is 14.0 Å². The highest BCUT2D eigenvalue weighted by atomic mass is 16.5. The SMILES string of the molecule is COCCn1c(C)[nH+]c2c(c1=O)c1nc3ccccc3nc1n2N=Cc1ccccc1. The van der Waals surface area contributed by atoms with Gasteiger partial charge in [0.2, 0.25) is 11.5 Å². The molecule has 3 heterocycles. The molecule has 31 heavy (non-hydrogen) atoms. The van der Waals surface area contributed by atoms with Gasteiger partial charge < -0.3 is 4.74 Å². The van der Waals surface area contributed by atoms with Gasteiger partial charge >= 0.3 is 5.56 Å². The molecule has 0 spiro atoms. The van der Waals surface area contributed by atoms with Crippen molar-refractivity contribution in [2.24, 2.45) is 5.10 Å². The lowest BCUT2D eigenvalue weighted by Gasteiger charge is -2.04. The first kappa shape index (κ1) is 19.1. The van der Waals surface area contributed by atoms with Crippen LogP contribution in [0.1, 0.15) is 11.4 Å². The van der Waals surface area contributed by atoms with Gasteiger partial charge in [-0.05, 0) is 17.7 Å². The number of ether oxygens (including phenoxy) is 1. The van der Waals surface area contributed by atoms with E-state index < -0.39 is 0 Å². The lowest BCUT2D eigenvalue weighted by molar-refractivity contribution is -0.368. The van der Waals surface area contributed by atoms with Crippen molar-refractivity contribution in [3.8, 4) is 0 Å². The summed E-state index contributed by atoms with van der Waals surface area (Å²) in [4.78, 5) is 26.3. The molecule has 0 bridgehead atoms. The number of aromatic amines is 1. The Labute approximate surface area is 177 Å². The van der Waals surface area contributed by atoms with Gasteiger partial charge in [-0.15, -0.1) is 9.78 Å². The molecule has 154 valence electrons. The zero-order chi connectivity index (χ0) is 21.4. The number of aromatic nitrogens is 5. The van der Waals surface area contributed by atoms with Crippen molar-refractivity contribution < 1.29 is 9.72 Å². The normalized spacial score (nSPS) is 11.9. The molecular formula is C23H21N6O2+. The van der Waals surface area contributed by atoms with Crippen LogP contribution in [-0.4, -0.2) is 39.1 Å². The highest BCUT2D eigenvalue weighted by Crippen LogP contribution is 2.24. The molecule has 2 aromatic carbocycles. The third kappa shape index (κ3) is 3.27. The molecule has 5 aromatic rings. The maximum atomic E-state index is 13.4. The van der Waals surface area contributed by atoms with Crippen molar-refractivity contribution in [3.05, 3.63) is 76.3 Å². The van der Waals surface area contributed by atoms with Crippen LogP contribution in [-0.2, 0) is 11.3 Å². The Morgan fingerprint density at radius 3 is 2.52 bits per heavy atom. The van der Waals surface area contributed by atoms with Crippen molar-refractivity contribution >= 4 is 39.4 Å². The van der Waals surface area contributed by atoms with Crippen LogP contribution in [0.5, 0.6) is 0 Å². The van der Waals surface area contributed by atoms with Crippen LogP contribution in [0.3, 0.4) is 0 Å². The standard InChI is InChI=1S/C23H20N6O2/c1-15-25-21-19(23(30)28(15)12-13-31-2)20-22(27-18-11-7-6-10-17(18)26-20)29(21)24-14-16-8-4-3-5-9-16/h3-11,14H,12-13H2,1-2H3/p+1. The summed E-state index contributed by atoms with van der Waals surface area (Å²) in [6.07, 6.45) is 1.75. The predicted octanol–water partition coefficient (Wildman–Crippen LogP) is 2.55. The second-order valence-corrected chi connectivity index (χ2v) is 7.24. The van der Waals surface area contributed by atoms with Gasteiger partial charge in [0.25, 0.3) is 5.65 Å². The zero-order valence-electron chi connectivity index (χ0n) is 17.2. The Bertz CT molecular complexity index is 1500. The molecule has 0 aliphatic rings. The van der Waals surface area contributed by atoms with E-state index in [1.54, 1.807) is 22.6 Å². The van der Waals surface area contributed by atoms with E-state index >= 15 is 0 Å². The lowest BCUT2D eigenvalue weighted by atomic mass is 10.2. The number of para-hydroxylation sites is 2. The van der Waals surface area contributed by atoms with Gasteiger partial charge in [0.05, 0.1) is 30.4 Å². The first-order valence-electron chi connectivity index (χ1n) is 9.99. The minimum atomic E-state index is -0.147. The maximum Gasteiger partial charge on any atom is 0.323 e. The van der Waals surface area contributed by atoms with Crippen LogP contribution < -0.4 is 10.5 Å². The van der Waals surface area contributed by atoms with E-state index in [1.165, 1.54) is 0 Å². The summed E-state index contributed by atoms with van der Waals surface area (Å²) < 4.78 is 8.49. The first-order chi connectivity index (χ1) is 15.2. The summed E-state index contributed by atoms with van der Waals surface area (Å²) in [5.41, 5.74) is 3.87. The fourth-order valence-corrected chi connectivity index (χ4v) is 3.70.